The van der Waals surface area contributed by atoms with Gasteiger partial charge in [0, 0.05) is 36.0 Å². The van der Waals surface area contributed by atoms with Gasteiger partial charge in [-0.25, -0.2) is 4.98 Å². The van der Waals surface area contributed by atoms with Crippen LogP contribution in [0, 0.1) is 5.92 Å². The van der Waals surface area contributed by atoms with E-state index in [9.17, 15) is 14.4 Å². The lowest BCUT2D eigenvalue weighted by Crippen LogP contribution is -2.41. The van der Waals surface area contributed by atoms with Gasteiger partial charge in [0.2, 0.25) is 11.8 Å². The first-order chi connectivity index (χ1) is 11.5. The summed E-state index contributed by atoms with van der Waals surface area (Å²) < 4.78 is 0. The molecule has 1 fully saturated rings. The normalized spacial score (nSPS) is 26.2. The van der Waals surface area contributed by atoms with Gasteiger partial charge in [0.15, 0.2) is 0 Å². The molecule has 126 valence electrons. The maximum Gasteiger partial charge on any atom is 0.234 e. The second kappa shape index (κ2) is 6.68. The predicted molar refractivity (Wildman–Crippen MR) is 89.9 cm³/mol. The summed E-state index contributed by atoms with van der Waals surface area (Å²) in [6.07, 6.45) is 9.61. The molecular weight excluding hydrogens is 326 g/mol. The number of carbonyl (C=O) groups is 3. The molecule has 1 heterocycles. The van der Waals surface area contributed by atoms with Crippen LogP contribution in [0.3, 0.4) is 0 Å². The molecule has 2 aliphatic carbocycles. The summed E-state index contributed by atoms with van der Waals surface area (Å²) in [6.45, 7) is 0. The fraction of sp³-hybridized carbons (Fsp3) is 0.412. The van der Waals surface area contributed by atoms with Crippen molar-refractivity contribution in [3.63, 3.8) is 0 Å². The molecule has 3 rings (SSSR count). The Morgan fingerprint density at radius 1 is 1.46 bits per heavy atom. The van der Waals surface area contributed by atoms with E-state index < -0.39 is 11.3 Å². The van der Waals surface area contributed by atoms with Gasteiger partial charge in [-0.1, -0.05) is 12.2 Å². The number of hydrogen-bond acceptors (Lipinski definition) is 5. The Hall–Kier alpha value is -2.28. The van der Waals surface area contributed by atoms with Crippen LogP contribution in [0.5, 0.6) is 0 Å². The zero-order valence-electron chi connectivity index (χ0n) is 13.2. The van der Waals surface area contributed by atoms with Crippen LogP contribution < -0.4 is 11.1 Å². The molecule has 0 bridgehead atoms. The Bertz CT molecular complexity index is 723. The number of rotatable bonds is 5. The monoisotopic (exact) mass is 345 g/mol. The molecule has 2 unspecified atom stereocenters. The van der Waals surface area contributed by atoms with Crippen LogP contribution in [0.15, 0.2) is 35.5 Å². The Labute approximate surface area is 143 Å². The van der Waals surface area contributed by atoms with E-state index in [2.05, 4.69) is 10.3 Å². The fourth-order valence-corrected chi connectivity index (χ4v) is 4.00. The largest absolute Gasteiger partial charge is 0.369 e. The van der Waals surface area contributed by atoms with Crippen LogP contribution in [0.1, 0.15) is 37.1 Å². The van der Waals surface area contributed by atoms with E-state index in [1.54, 1.807) is 29.8 Å². The predicted octanol–water partition coefficient (Wildman–Crippen LogP) is 1.59. The van der Waals surface area contributed by atoms with E-state index in [0.717, 1.165) is 12.8 Å². The van der Waals surface area contributed by atoms with Crippen LogP contribution in [-0.4, -0.2) is 22.6 Å². The number of allylic oxidation sites excluding steroid dienone is 2. The Morgan fingerprint density at radius 2 is 2.29 bits per heavy atom. The van der Waals surface area contributed by atoms with Gasteiger partial charge in [-0.15, -0.1) is 11.3 Å². The highest BCUT2D eigenvalue weighted by atomic mass is 32.1. The number of hydrogen-bond donors (Lipinski definition) is 2. The molecule has 2 atom stereocenters. The maximum absolute atomic E-state index is 12.1. The van der Waals surface area contributed by atoms with Crippen LogP contribution in [-0.2, 0) is 19.8 Å². The maximum atomic E-state index is 12.1. The standard InChI is InChI=1S/C17H19N3O3S/c18-15(23)17(16-19-8-9-24-16)6-4-12(5-7-17)20-14(22)10-11-2-1-3-13(11)21/h4-6,8-9,11H,1-3,7,10H2,(H2,18,23)(H,20,22). The van der Waals surface area contributed by atoms with Gasteiger partial charge in [0.05, 0.1) is 0 Å². The van der Waals surface area contributed by atoms with Crippen LogP contribution in [0.4, 0.5) is 0 Å². The summed E-state index contributed by atoms with van der Waals surface area (Å²) in [7, 11) is 0. The molecule has 2 aliphatic rings. The molecule has 1 aromatic rings. The van der Waals surface area contributed by atoms with Crippen molar-refractivity contribution in [1.82, 2.24) is 10.3 Å². The molecule has 1 saturated carbocycles. The number of amides is 2. The number of primary amides is 1. The molecule has 7 heteroatoms. The zero-order chi connectivity index (χ0) is 17.2. The highest BCUT2D eigenvalue weighted by molar-refractivity contribution is 7.09. The van der Waals surface area contributed by atoms with E-state index in [0.29, 0.717) is 23.5 Å². The molecule has 0 aliphatic heterocycles. The summed E-state index contributed by atoms with van der Waals surface area (Å²) in [5.74, 6) is -0.619. The highest BCUT2D eigenvalue weighted by Gasteiger charge is 2.39. The minimum Gasteiger partial charge on any atom is -0.369 e. The summed E-state index contributed by atoms with van der Waals surface area (Å²) >= 11 is 1.38. The van der Waals surface area contributed by atoms with Crippen LogP contribution in [0.25, 0.3) is 0 Å². The fourth-order valence-electron chi connectivity index (χ4n) is 3.16. The van der Waals surface area contributed by atoms with Crippen molar-refractivity contribution in [1.29, 1.82) is 0 Å². The summed E-state index contributed by atoms with van der Waals surface area (Å²) in [5.41, 5.74) is 5.26. The topological polar surface area (TPSA) is 102 Å². The van der Waals surface area contributed by atoms with Crippen molar-refractivity contribution in [2.24, 2.45) is 11.7 Å². The van der Waals surface area contributed by atoms with Gasteiger partial charge in [-0.3, -0.25) is 14.4 Å². The van der Waals surface area contributed by atoms with Crippen molar-refractivity contribution in [2.75, 3.05) is 0 Å². The third-order valence-corrected chi connectivity index (χ3v) is 5.54. The number of nitrogens with two attached hydrogens (primary N) is 1. The average Bonchev–Trinajstić information content (AvgIpc) is 3.21. The van der Waals surface area contributed by atoms with Crippen LogP contribution >= 0.6 is 11.3 Å². The van der Waals surface area contributed by atoms with Gasteiger partial charge in [0.25, 0.3) is 0 Å². The highest BCUT2D eigenvalue weighted by Crippen LogP contribution is 2.35. The SMILES string of the molecule is NC(=O)C1(c2nccs2)C=CC(NC(=O)CC2CCCC2=O)=CC1. The number of nitrogens with one attached hydrogen (secondary N) is 1. The summed E-state index contributed by atoms with van der Waals surface area (Å²) in [6, 6.07) is 0. The molecule has 24 heavy (non-hydrogen) atoms. The van der Waals surface area contributed by atoms with Crippen molar-refractivity contribution in [3.8, 4) is 0 Å². The second-order valence-electron chi connectivity index (χ2n) is 6.18. The van der Waals surface area contributed by atoms with E-state index in [-0.39, 0.29) is 24.0 Å². The molecule has 1 aromatic heterocycles. The number of thiazole rings is 1. The number of nitrogens with zero attached hydrogens (tertiary/aromatic N) is 1. The summed E-state index contributed by atoms with van der Waals surface area (Å²) in [5, 5.41) is 5.24. The van der Waals surface area contributed by atoms with Crippen molar-refractivity contribution in [2.45, 2.75) is 37.5 Å². The third-order valence-electron chi connectivity index (χ3n) is 4.59. The smallest absolute Gasteiger partial charge is 0.234 e. The van der Waals surface area contributed by atoms with Gasteiger partial charge in [0.1, 0.15) is 16.2 Å². The lowest BCUT2D eigenvalue weighted by atomic mass is 9.80. The first kappa shape index (κ1) is 16.6. The first-order valence-electron chi connectivity index (χ1n) is 7.93. The Balaban J connectivity index is 1.65. The molecule has 6 nitrogen and oxygen atoms in total. The molecular formula is C17H19N3O3S. The van der Waals surface area contributed by atoms with E-state index in [4.69, 9.17) is 5.73 Å². The Kier molecular flexibility index (Phi) is 4.62. The third kappa shape index (κ3) is 3.17. The first-order valence-corrected chi connectivity index (χ1v) is 8.81. The van der Waals surface area contributed by atoms with E-state index in [1.165, 1.54) is 11.3 Å². The molecule has 0 spiro atoms. The van der Waals surface area contributed by atoms with Crippen molar-refractivity contribution in [3.05, 3.63) is 40.5 Å². The minimum atomic E-state index is -0.955. The second-order valence-corrected chi connectivity index (χ2v) is 7.07. The van der Waals surface area contributed by atoms with Gasteiger partial charge < -0.3 is 11.1 Å². The van der Waals surface area contributed by atoms with Gasteiger partial charge in [-0.2, -0.15) is 0 Å². The lowest BCUT2D eigenvalue weighted by Gasteiger charge is -2.27. The van der Waals surface area contributed by atoms with Crippen LogP contribution in [0.2, 0.25) is 0 Å². The number of ketones is 1. The van der Waals surface area contributed by atoms with E-state index >= 15 is 0 Å². The lowest BCUT2D eigenvalue weighted by molar-refractivity contribution is -0.127. The molecule has 0 radical (unpaired) electrons. The number of Topliss-reactive ketones (excluding diaryl/α,β-unsaturated/α-hetero) is 1. The number of aromatic nitrogens is 1. The molecule has 0 aromatic carbocycles. The number of carbonyl (C=O) groups excluding carboxylic acids is 3. The minimum absolute atomic E-state index is 0.154. The van der Waals surface area contributed by atoms with Crippen molar-refractivity contribution >= 4 is 28.9 Å². The zero-order valence-corrected chi connectivity index (χ0v) is 14.0. The van der Waals surface area contributed by atoms with Crippen molar-refractivity contribution < 1.29 is 14.4 Å². The Morgan fingerprint density at radius 3 is 2.83 bits per heavy atom. The molecule has 0 saturated heterocycles. The van der Waals surface area contributed by atoms with Gasteiger partial charge in [-0.05, 0) is 25.3 Å². The summed E-state index contributed by atoms with van der Waals surface area (Å²) in [4.78, 5) is 39.9. The van der Waals surface area contributed by atoms with E-state index in [1.807, 2.05) is 0 Å². The van der Waals surface area contributed by atoms with Gasteiger partial charge >= 0.3 is 0 Å². The average molecular weight is 345 g/mol. The molecule has 2 amide bonds. The quantitative estimate of drug-likeness (QED) is 0.846. The molecule has 3 N–H and O–H groups in total.